The SMILES string of the molecule is CC(=O)c1cccc(-c2cc(C(C)(C)C)cc(C(C)(C)C)c2OCC(F)F)c1. The van der Waals surface area contributed by atoms with Crippen LogP contribution in [0.5, 0.6) is 5.75 Å². The topological polar surface area (TPSA) is 26.3 Å². The quantitative estimate of drug-likeness (QED) is 0.527. The van der Waals surface area contributed by atoms with Gasteiger partial charge in [0.2, 0.25) is 0 Å². The summed E-state index contributed by atoms with van der Waals surface area (Å²) in [6.07, 6.45) is -2.56. The molecule has 0 unspecified atom stereocenters. The minimum atomic E-state index is -2.56. The van der Waals surface area contributed by atoms with Crippen molar-refractivity contribution in [2.45, 2.75) is 65.7 Å². The molecule has 0 saturated heterocycles. The Morgan fingerprint density at radius 3 is 2.14 bits per heavy atom. The molecule has 152 valence electrons. The van der Waals surface area contributed by atoms with Crippen molar-refractivity contribution in [3.05, 3.63) is 53.1 Å². The van der Waals surface area contributed by atoms with Crippen molar-refractivity contribution in [1.82, 2.24) is 0 Å². The van der Waals surface area contributed by atoms with E-state index in [0.717, 1.165) is 22.3 Å². The number of Topliss-reactive ketones (excluding diaryl/α,β-unsaturated/α-hetero) is 1. The van der Waals surface area contributed by atoms with Gasteiger partial charge in [0.05, 0.1) is 0 Å². The molecule has 0 amide bonds. The number of hydrogen-bond acceptors (Lipinski definition) is 2. The van der Waals surface area contributed by atoms with E-state index in [-0.39, 0.29) is 16.6 Å². The van der Waals surface area contributed by atoms with Gasteiger partial charge in [-0.3, -0.25) is 4.79 Å². The van der Waals surface area contributed by atoms with E-state index in [2.05, 4.69) is 26.8 Å². The highest BCUT2D eigenvalue weighted by atomic mass is 19.3. The van der Waals surface area contributed by atoms with Crippen molar-refractivity contribution in [1.29, 1.82) is 0 Å². The molecule has 0 bridgehead atoms. The summed E-state index contributed by atoms with van der Waals surface area (Å²) in [4.78, 5) is 11.9. The van der Waals surface area contributed by atoms with Gasteiger partial charge in [0.25, 0.3) is 6.43 Å². The molecule has 4 heteroatoms. The van der Waals surface area contributed by atoms with Crippen LogP contribution in [0.4, 0.5) is 8.78 Å². The molecule has 0 spiro atoms. The molecule has 2 rings (SSSR count). The number of ether oxygens (including phenoxy) is 1. The van der Waals surface area contributed by atoms with Crippen molar-refractivity contribution in [2.75, 3.05) is 6.61 Å². The minimum absolute atomic E-state index is 0.0417. The molecule has 0 heterocycles. The molecular weight excluding hydrogens is 358 g/mol. The maximum Gasteiger partial charge on any atom is 0.272 e. The molecule has 2 aromatic rings. The fraction of sp³-hybridized carbons (Fsp3) is 0.458. The van der Waals surface area contributed by atoms with E-state index in [0.29, 0.717) is 11.3 Å². The molecule has 2 nitrogen and oxygen atoms in total. The number of alkyl halides is 2. The molecule has 0 aliphatic rings. The monoisotopic (exact) mass is 388 g/mol. The van der Waals surface area contributed by atoms with Gasteiger partial charge in [-0.25, -0.2) is 8.78 Å². The van der Waals surface area contributed by atoms with E-state index >= 15 is 0 Å². The Morgan fingerprint density at radius 2 is 1.64 bits per heavy atom. The van der Waals surface area contributed by atoms with Gasteiger partial charge in [-0.1, -0.05) is 65.8 Å². The summed E-state index contributed by atoms with van der Waals surface area (Å²) >= 11 is 0. The molecule has 0 fully saturated rings. The summed E-state index contributed by atoms with van der Waals surface area (Å²) in [7, 11) is 0. The van der Waals surface area contributed by atoms with Crippen LogP contribution >= 0.6 is 0 Å². The van der Waals surface area contributed by atoms with E-state index in [1.807, 2.05) is 39.0 Å². The average molecular weight is 388 g/mol. The van der Waals surface area contributed by atoms with Gasteiger partial charge in [-0.05, 0) is 41.0 Å². The van der Waals surface area contributed by atoms with E-state index < -0.39 is 13.0 Å². The van der Waals surface area contributed by atoms with E-state index in [9.17, 15) is 13.6 Å². The zero-order valence-corrected chi connectivity index (χ0v) is 17.8. The number of rotatable bonds is 5. The van der Waals surface area contributed by atoms with Gasteiger partial charge in [-0.2, -0.15) is 0 Å². The Hall–Kier alpha value is -2.23. The number of hydrogen-bond donors (Lipinski definition) is 0. The minimum Gasteiger partial charge on any atom is -0.487 e. The number of carbonyl (C=O) groups excluding carboxylic acids is 1. The van der Waals surface area contributed by atoms with E-state index in [1.54, 1.807) is 12.1 Å². The predicted molar refractivity (Wildman–Crippen MR) is 111 cm³/mol. The molecule has 0 aromatic heterocycles. The van der Waals surface area contributed by atoms with Crippen LogP contribution in [0.2, 0.25) is 0 Å². The van der Waals surface area contributed by atoms with E-state index in [4.69, 9.17) is 4.74 Å². The average Bonchev–Trinajstić information content (AvgIpc) is 2.57. The van der Waals surface area contributed by atoms with Crippen LogP contribution in [0.3, 0.4) is 0 Å². The Morgan fingerprint density at radius 1 is 1.00 bits per heavy atom. The Kier molecular flexibility index (Phi) is 6.32. The summed E-state index contributed by atoms with van der Waals surface area (Å²) in [5.74, 6) is 0.418. The van der Waals surface area contributed by atoms with Crippen LogP contribution in [0, 0.1) is 0 Å². The van der Waals surface area contributed by atoms with Gasteiger partial charge in [-0.15, -0.1) is 0 Å². The van der Waals surface area contributed by atoms with Gasteiger partial charge in [0, 0.05) is 16.7 Å². The maximum absolute atomic E-state index is 13.0. The first kappa shape index (κ1) is 22.1. The Bertz CT molecular complexity index is 856. The fourth-order valence-electron chi connectivity index (χ4n) is 3.04. The van der Waals surface area contributed by atoms with Crippen molar-refractivity contribution >= 4 is 5.78 Å². The number of halogens is 2. The molecule has 0 aliphatic heterocycles. The molecule has 2 aromatic carbocycles. The van der Waals surface area contributed by atoms with Gasteiger partial charge in [0.15, 0.2) is 5.78 Å². The third kappa shape index (κ3) is 5.18. The largest absolute Gasteiger partial charge is 0.487 e. The zero-order valence-electron chi connectivity index (χ0n) is 17.8. The predicted octanol–water partition coefficient (Wildman–Crippen LogP) is 6.80. The third-order valence-electron chi connectivity index (χ3n) is 4.70. The van der Waals surface area contributed by atoms with Crippen molar-refractivity contribution < 1.29 is 18.3 Å². The second-order valence-electron chi connectivity index (χ2n) is 9.24. The highest BCUT2D eigenvalue weighted by Gasteiger charge is 2.27. The lowest BCUT2D eigenvalue weighted by atomic mass is 9.78. The highest BCUT2D eigenvalue weighted by molar-refractivity contribution is 5.95. The van der Waals surface area contributed by atoms with Crippen LogP contribution in [-0.2, 0) is 10.8 Å². The van der Waals surface area contributed by atoms with Crippen LogP contribution in [0.15, 0.2) is 36.4 Å². The van der Waals surface area contributed by atoms with Crippen LogP contribution < -0.4 is 4.74 Å². The summed E-state index contributed by atoms with van der Waals surface area (Å²) in [5, 5.41) is 0. The van der Waals surface area contributed by atoms with Gasteiger partial charge >= 0.3 is 0 Å². The summed E-state index contributed by atoms with van der Waals surface area (Å²) < 4.78 is 31.5. The molecule has 28 heavy (non-hydrogen) atoms. The van der Waals surface area contributed by atoms with Crippen molar-refractivity contribution in [2.24, 2.45) is 0 Å². The van der Waals surface area contributed by atoms with Crippen molar-refractivity contribution in [3.8, 4) is 16.9 Å². The van der Waals surface area contributed by atoms with Gasteiger partial charge in [0.1, 0.15) is 12.4 Å². The first-order chi connectivity index (χ1) is 12.8. The Labute approximate surface area is 166 Å². The first-order valence-corrected chi connectivity index (χ1v) is 9.52. The first-order valence-electron chi connectivity index (χ1n) is 9.52. The summed E-state index contributed by atoms with van der Waals surface area (Å²) in [5.41, 5.74) is 3.64. The summed E-state index contributed by atoms with van der Waals surface area (Å²) in [6.45, 7) is 13.3. The second kappa shape index (κ2) is 8.02. The highest BCUT2D eigenvalue weighted by Crippen LogP contribution is 2.43. The molecule has 0 aliphatic carbocycles. The van der Waals surface area contributed by atoms with Crippen LogP contribution in [0.1, 0.15) is 70.0 Å². The zero-order chi connectivity index (χ0) is 21.3. The Balaban J connectivity index is 2.82. The second-order valence-corrected chi connectivity index (χ2v) is 9.24. The molecular formula is C24H30F2O2. The smallest absolute Gasteiger partial charge is 0.272 e. The third-order valence-corrected chi connectivity index (χ3v) is 4.70. The summed E-state index contributed by atoms with van der Waals surface area (Å²) in [6, 6.07) is 11.3. The lowest BCUT2D eigenvalue weighted by molar-refractivity contribution is 0.0812. The van der Waals surface area contributed by atoms with Crippen LogP contribution in [0.25, 0.3) is 11.1 Å². The number of ketones is 1. The molecule has 0 radical (unpaired) electrons. The molecule has 0 saturated carbocycles. The lowest BCUT2D eigenvalue weighted by Gasteiger charge is -2.29. The van der Waals surface area contributed by atoms with E-state index in [1.165, 1.54) is 6.92 Å². The number of benzene rings is 2. The molecule has 0 atom stereocenters. The fourth-order valence-corrected chi connectivity index (χ4v) is 3.04. The lowest BCUT2D eigenvalue weighted by Crippen LogP contribution is -2.20. The normalized spacial score (nSPS) is 12.4. The van der Waals surface area contributed by atoms with Crippen LogP contribution in [-0.4, -0.2) is 18.8 Å². The maximum atomic E-state index is 13.0. The van der Waals surface area contributed by atoms with Gasteiger partial charge < -0.3 is 4.74 Å². The standard InChI is InChI=1S/C24H30F2O2/c1-15(27)16-9-8-10-17(11-16)19-12-18(23(2,3)4)13-20(24(5,6)7)22(19)28-14-21(25)26/h8-13,21H,14H2,1-7H3. The number of carbonyl (C=O) groups is 1. The molecule has 0 N–H and O–H groups in total. The van der Waals surface area contributed by atoms with Crippen molar-refractivity contribution in [3.63, 3.8) is 0 Å².